The number of benzene rings is 2. The highest BCUT2D eigenvalue weighted by atomic mass is 19.1. The van der Waals surface area contributed by atoms with Crippen LogP contribution in [-0.2, 0) is 0 Å². The Morgan fingerprint density at radius 2 is 2.10 bits per heavy atom. The van der Waals surface area contributed by atoms with Crippen molar-refractivity contribution in [2.75, 3.05) is 11.1 Å². The van der Waals surface area contributed by atoms with Crippen LogP contribution in [0.3, 0.4) is 0 Å². The molecule has 0 spiro atoms. The first-order chi connectivity index (χ1) is 9.52. The van der Waals surface area contributed by atoms with Crippen molar-refractivity contribution >= 4 is 23.0 Å². The predicted octanol–water partition coefficient (Wildman–Crippen LogP) is 2.72. The van der Waals surface area contributed by atoms with Crippen molar-refractivity contribution in [1.29, 1.82) is 5.26 Å². The molecule has 0 aromatic heterocycles. The first kappa shape index (κ1) is 13.4. The molecule has 2 rings (SSSR count). The molecule has 0 unspecified atom stereocenters. The molecular formula is C14H10FN3O2. The van der Waals surface area contributed by atoms with E-state index in [0.29, 0.717) is 5.69 Å². The lowest BCUT2D eigenvalue weighted by Crippen LogP contribution is -2.03. The fraction of sp³-hybridized carbons (Fsp3) is 0. The van der Waals surface area contributed by atoms with Crippen LogP contribution < -0.4 is 11.1 Å². The number of hydrogen-bond donors (Lipinski definition) is 3. The number of rotatable bonds is 3. The third-order valence-electron chi connectivity index (χ3n) is 2.69. The fourth-order valence-electron chi connectivity index (χ4n) is 1.73. The van der Waals surface area contributed by atoms with Crippen LogP contribution in [0.4, 0.5) is 21.5 Å². The zero-order valence-electron chi connectivity index (χ0n) is 10.2. The fourth-order valence-corrected chi connectivity index (χ4v) is 1.73. The van der Waals surface area contributed by atoms with Gasteiger partial charge in [-0.1, -0.05) is 6.07 Å². The largest absolute Gasteiger partial charge is 0.478 e. The van der Waals surface area contributed by atoms with Crippen molar-refractivity contribution < 1.29 is 14.3 Å². The monoisotopic (exact) mass is 271 g/mol. The average molecular weight is 271 g/mol. The number of hydrogen-bond acceptors (Lipinski definition) is 4. The van der Waals surface area contributed by atoms with E-state index in [-0.39, 0.29) is 22.5 Å². The van der Waals surface area contributed by atoms with Crippen molar-refractivity contribution in [3.8, 4) is 6.07 Å². The Labute approximate surface area is 114 Å². The molecule has 0 saturated carbocycles. The van der Waals surface area contributed by atoms with Gasteiger partial charge in [0.2, 0.25) is 0 Å². The summed E-state index contributed by atoms with van der Waals surface area (Å²) in [5.74, 6) is -1.76. The van der Waals surface area contributed by atoms with E-state index in [2.05, 4.69) is 5.32 Å². The van der Waals surface area contributed by atoms with E-state index in [1.54, 1.807) is 12.1 Å². The molecule has 5 nitrogen and oxygen atoms in total. The van der Waals surface area contributed by atoms with Gasteiger partial charge in [-0.3, -0.25) is 0 Å². The second-order valence-corrected chi connectivity index (χ2v) is 4.01. The third kappa shape index (κ3) is 2.52. The number of carbonyl (C=O) groups is 1. The Morgan fingerprint density at radius 1 is 1.35 bits per heavy atom. The van der Waals surface area contributed by atoms with Crippen LogP contribution in [0.25, 0.3) is 0 Å². The molecule has 100 valence electrons. The van der Waals surface area contributed by atoms with Crippen molar-refractivity contribution in [2.45, 2.75) is 0 Å². The molecule has 0 bridgehead atoms. The average Bonchev–Trinajstić information content (AvgIpc) is 2.38. The zero-order chi connectivity index (χ0) is 14.7. The molecule has 2 aromatic rings. The maximum Gasteiger partial charge on any atom is 0.337 e. The van der Waals surface area contributed by atoms with Gasteiger partial charge in [0.05, 0.1) is 11.3 Å². The zero-order valence-corrected chi connectivity index (χ0v) is 10.2. The van der Waals surface area contributed by atoms with Gasteiger partial charge in [-0.25, -0.2) is 9.18 Å². The lowest BCUT2D eigenvalue weighted by molar-refractivity contribution is 0.0698. The lowest BCUT2D eigenvalue weighted by Gasteiger charge is -2.10. The van der Waals surface area contributed by atoms with Gasteiger partial charge in [0.1, 0.15) is 17.4 Å². The van der Waals surface area contributed by atoms with Gasteiger partial charge >= 0.3 is 5.97 Å². The van der Waals surface area contributed by atoms with E-state index in [1.807, 2.05) is 0 Å². The smallest absolute Gasteiger partial charge is 0.337 e. The van der Waals surface area contributed by atoms with Gasteiger partial charge in [0.25, 0.3) is 0 Å². The number of anilines is 3. The van der Waals surface area contributed by atoms with Gasteiger partial charge in [0, 0.05) is 11.4 Å². The molecule has 0 radical (unpaired) electrons. The first-order valence-corrected chi connectivity index (χ1v) is 5.61. The maximum absolute atomic E-state index is 13.4. The molecule has 0 aliphatic carbocycles. The van der Waals surface area contributed by atoms with Crippen LogP contribution in [0.15, 0.2) is 36.4 Å². The highest BCUT2D eigenvalue weighted by molar-refractivity contribution is 5.94. The van der Waals surface area contributed by atoms with Crippen molar-refractivity contribution in [3.05, 3.63) is 53.3 Å². The number of aromatic carboxylic acids is 1. The summed E-state index contributed by atoms with van der Waals surface area (Å²) in [6.45, 7) is 0. The van der Waals surface area contributed by atoms with Gasteiger partial charge in [0.15, 0.2) is 0 Å². The van der Waals surface area contributed by atoms with E-state index in [9.17, 15) is 9.18 Å². The molecule has 2 aromatic carbocycles. The van der Waals surface area contributed by atoms with E-state index in [4.69, 9.17) is 16.1 Å². The number of nitriles is 1. The Balaban J connectivity index is 2.37. The number of carboxylic acids is 1. The molecule has 4 N–H and O–H groups in total. The van der Waals surface area contributed by atoms with Crippen molar-refractivity contribution in [1.82, 2.24) is 0 Å². The van der Waals surface area contributed by atoms with Gasteiger partial charge in [-0.15, -0.1) is 0 Å². The molecule has 0 aliphatic heterocycles. The van der Waals surface area contributed by atoms with Gasteiger partial charge in [-0.05, 0) is 30.3 Å². The molecule has 6 heteroatoms. The van der Waals surface area contributed by atoms with Crippen molar-refractivity contribution in [2.24, 2.45) is 0 Å². The molecular weight excluding hydrogens is 261 g/mol. The summed E-state index contributed by atoms with van der Waals surface area (Å²) in [7, 11) is 0. The lowest BCUT2D eigenvalue weighted by atomic mass is 10.1. The quantitative estimate of drug-likeness (QED) is 0.745. The van der Waals surface area contributed by atoms with Crippen LogP contribution in [-0.4, -0.2) is 11.1 Å². The molecule has 20 heavy (non-hydrogen) atoms. The van der Waals surface area contributed by atoms with Crippen LogP contribution in [0, 0.1) is 17.1 Å². The summed E-state index contributed by atoms with van der Waals surface area (Å²) in [6.07, 6.45) is 0. The Hall–Kier alpha value is -3.07. The molecule has 0 fully saturated rings. The number of nitrogens with two attached hydrogens (primary N) is 1. The molecule has 0 aliphatic rings. The van der Waals surface area contributed by atoms with E-state index < -0.39 is 11.8 Å². The number of nitrogen functional groups attached to an aromatic ring is 1. The summed E-state index contributed by atoms with van der Waals surface area (Å²) in [6, 6.07) is 10.2. The van der Waals surface area contributed by atoms with Crippen LogP contribution in [0.5, 0.6) is 0 Å². The minimum atomic E-state index is -1.13. The predicted molar refractivity (Wildman–Crippen MR) is 72.2 cm³/mol. The number of nitrogens with zero attached hydrogens (tertiary/aromatic N) is 1. The summed E-state index contributed by atoms with van der Waals surface area (Å²) in [5.41, 5.74) is 6.32. The number of carboxylic acid groups (broad SMARTS) is 1. The topological polar surface area (TPSA) is 99.1 Å². The summed E-state index contributed by atoms with van der Waals surface area (Å²) < 4.78 is 13.4. The Bertz CT molecular complexity index is 723. The minimum absolute atomic E-state index is 0.0182. The Kier molecular flexibility index (Phi) is 3.53. The summed E-state index contributed by atoms with van der Waals surface area (Å²) in [4.78, 5) is 10.8. The highest BCUT2D eigenvalue weighted by Crippen LogP contribution is 2.25. The van der Waals surface area contributed by atoms with E-state index in [1.165, 1.54) is 30.3 Å². The standard InChI is InChI=1S/C14H10FN3O2/c15-11-2-1-3-13(10(11)7-16)18-8-4-5-9(14(19)20)12(17)6-8/h1-6,18H,17H2,(H,19,20). The SMILES string of the molecule is N#Cc1c(F)cccc1Nc1ccc(C(=O)O)c(N)c1. The summed E-state index contributed by atoms with van der Waals surface area (Å²) in [5, 5.41) is 20.6. The molecule has 0 heterocycles. The number of halogens is 1. The number of nitrogens with one attached hydrogen (secondary N) is 1. The maximum atomic E-state index is 13.4. The van der Waals surface area contributed by atoms with Crippen molar-refractivity contribution in [3.63, 3.8) is 0 Å². The van der Waals surface area contributed by atoms with E-state index >= 15 is 0 Å². The third-order valence-corrected chi connectivity index (χ3v) is 2.69. The highest BCUT2D eigenvalue weighted by Gasteiger charge is 2.10. The van der Waals surface area contributed by atoms with Gasteiger partial charge in [-0.2, -0.15) is 5.26 Å². The van der Waals surface area contributed by atoms with Gasteiger partial charge < -0.3 is 16.2 Å². The second kappa shape index (κ2) is 5.28. The minimum Gasteiger partial charge on any atom is -0.478 e. The summed E-state index contributed by atoms with van der Waals surface area (Å²) >= 11 is 0. The van der Waals surface area contributed by atoms with Crippen LogP contribution >= 0.6 is 0 Å². The Morgan fingerprint density at radius 3 is 2.70 bits per heavy atom. The van der Waals surface area contributed by atoms with E-state index in [0.717, 1.165) is 0 Å². The second-order valence-electron chi connectivity index (χ2n) is 4.01. The normalized spacial score (nSPS) is 9.80. The van der Waals surface area contributed by atoms with Crippen LogP contribution in [0.2, 0.25) is 0 Å². The first-order valence-electron chi connectivity index (χ1n) is 5.61. The molecule has 0 atom stereocenters. The molecule has 0 saturated heterocycles. The van der Waals surface area contributed by atoms with Crippen LogP contribution in [0.1, 0.15) is 15.9 Å². The molecule has 0 amide bonds.